The first-order chi connectivity index (χ1) is 26.3. The highest BCUT2D eigenvalue weighted by Crippen LogP contribution is 2.42. The summed E-state index contributed by atoms with van der Waals surface area (Å²) in [6.07, 6.45) is 0. The Morgan fingerprint density at radius 3 is 1.38 bits per heavy atom. The first kappa shape index (κ1) is 29.4. The Bertz CT molecular complexity index is 3240. The molecule has 0 saturated carbocycles. The van der Waals surface area contributed by atoms with Crippen LogP contribution in [0, 0.1) is 11.3 Å². The van der Waals surface area contributed by atoms with Gasteiger partial charge in [0.15, 0.2) is 0 Å². The molecule has 0 N–H and O–H groups in total. The monoisotopic (exact) mass is 674 g/mol. The van der Waals surface area contributed by atoms with E-state index in [0.29, 0.717) is 5.56 Å². The van der Waals surface area contributed by atoms with E-state index in [-0.39, 0.29) is 0 Å². The lowest BCUT2D eigenvalue weighted by atomic mass is 10.0. The van der Waals surface area contributed by atoms with Crippen LogP contribution in [-0.2, 0) is 0 Å². The Labute approximate surface area is 305 Å². The highest BCUT2D eigenvalue weighted by molar-refractivity contribution is 6.24. The lowest BCUT2D eigenvalue weighted by Crippen LogP contribution is -1.99. The van der Waals surface area contributed by atoms with Crippen molar-refractivity contribution in [1.82, 2.24) is 13.7 Å². The molecule has 0 atom stereocenters. The van der Waals surface area contributed by atoms with Gasteiger partial charge >= 0.3 is 0 Å². The van der Waals surface area contributed by atoms with Crippen LogP contribution < -0.4 is 0 Å². The second-order valence-electron chi connectivity index (χ2n) is 13.7. The standard InChI is InChI=1S/C49H30N4/c50-31-32-24-27-47-43(28-32)42-26-25-41-40-20-6-9-23-46(40)53(48(41)49(42)52(47)35-14-2-1-3-15-35)37-17-11-13-34(30-37)33-12-10-16-36(29-33)51-44-21-7-4-18-38(44)39-19-5-8-22-45(39)51/h1-30H. The van der Waals surface area contributed by atoms with Crippen molar-refractivity contribution < 1.29 is 0 Å². The van der Waals surface area contributed by atoms with E-state index in [4.69, 9.17) is 0 Å². The van der Waals surface area contributed by atoms with Crippen LogP contribution in [0.3, 0.4) is 0 Å². The molecule has 0 saturated heterocycles. The number of hydrogen-bond acceptors (Lipinski definition) is 1. The average molecular weight is 675 g/mol. The zero-order chi connectivity index (χ0) is 35.0. The molecule has 4 heteroatoms. The predicted octanol–water partition coefficient (Wildman–Crippen LogP) is 12.5. The van der Waals surface area contributed by atoms with E-state index >= 15 is 0 Å². The van der Waals surface area contributed by atoms with E-state index in [2.05, 4.69) is 190 Å². The Hall–Kier alpha value is -7.35. The number of fused-ring (bicyclic) bond motifs is 10. The van der Waals surface area contributed by atoms with Gasteiger partial charge in [0.25, 0.3) is 0 Å². The third kappa shape index (κ3) is 4.29. The fourth-order valence-electron chi connectivity index (χ4n) is 8.58. The molecule has 0 fully saturated rings. The predicted molar refractivity (Wildman–Crippen MR) is 220 cm³/mol. The van der Waals surface area contributed by atoms with Gasteiger partial charge in [-0.3, -0.25) is 0 Å². The average Bonchev–Trinajstić information content (AvgIpc) is 3.87. The number of para-hydroxylation sites is 4. The molecule has 0 spiro atoms. The summed E-state index contributed by atoms with van der Waals surface area (Å²) >= 11 is 0. The van der Waals surface area contributed by atoms with Gasteiger partial charge < -0.3 is 13.7 Å². The maximum absolute atomic E-state index is 9.87. The zero-order valence-electron chi connectivity index (χ0n) is 28.6. The highest BCUT2D eigenvalue weighted by Gasteiger charge is 2.22. The third-order valence-corrected chi connectivity index (χ3v) is 10.8. The second-order valence-corrected chi connectivity index (χ2v) is 13.7. The molecule has 0 radical (unpaired) electrons. The summed E-state index contributed by atoms with van der Waals surface area (Å²) in [5.74, 6) is 0. The molecule has 8 aromatic carbocycles. The van der Waals surface area contributed by atoms with E-state index in [9.17, 15) is 5.26 Å². The Balaban J connectivity index is 1.18. The van der Waals surface area contributed by atoms with Gasteiger partial charge in [-0.2, -0.15) is 5.26 Å². The molecule has 246 valence electrons. The van der Waals surface area contributed by atoms with Crippen LogP contribution in [0.25, 0.3) is 93.6 Å². The van der Waals surface area contributed by atoms with Gasteiger partial charge in [0.2, 0.25) is 0 Å². The van der Waals surface area contributed by atoms with Gasteiger partial charge in [0.1, 0.15) is 0 Å². The fourth-order valence-corrected chi connectivity index (χ4v) is 8.58. The minimum atomic E-state index is 0.654. The van der Waals surface area contributed by atoms with Gasteiger partial charge in [0, 0.05) is 49.4 Å². The van der Waals surface area contributed by atoms with E-state index in [1.54, 1.807) is 0 Å². The van der Waals surface area contributed by atoms with Crippen molar-refractivity contribution in [2.24, 2.45) is 0 Å². The van der Waals surface area contributed by atoms with Crippen molar-refractivity contribution in [3.63, 3.8) is 0 Å². The van der Waals surface area contributed by atoms with Crippen LogP contribution in [0.1, 0.15) is 5.56 Å². The SMILES string of the molecule is N#Cc1ccc2c(c1)c1ccc3c4ccccc4n(-c4cccc(-c5cccc(-n6c7ccccc7c7ccccc76)c5)c4)c3c1n2-c1ccccc1. The lowest BCUT2D eigenvalue weighted by Gasteiger charge is -2.14. The molecule has 0 unspecified atom stereocenters. The van der Waals surface area contributed by atoms with Gasteiger partial charge in [-0.05, 0) is 83.9 Å². The normalized spacial score (nSPS) is 11.8. The number of nitrogens with zero attached hydrogens (tertiary/aromatic N) is 4. The van der Waals surface area contributed by atoms with Crippen molar-refractivity contribution in [3.05, 3.63) is 188 Å². The van der Waals surface area contributed by atoms with Gasteiger partial charge in [0.05, 0.1) is 44.7 Å². The maximum atomic E-state index is 9.87. The molecule has 3 heterocycles. The van der Waals surface area contributed by atoms with Gasteiger partial charge in [-0.1, -0.05) is 109 Å². The Morgan fingerprint density at radius 1 is 0.321 bits per heavy atom. The summed E-state index contributed by atoms with van der Waals surface area (Å²) in [5.41, 5.74) is 13.1. The minimum absolute atomic E-state index is 0.654. The number of benzene rings is 8. The van der Waals surface area contributed by atoms with E-state index in [1.165, 1.54) is 32.6 Å². The molecule has 0 bridgehead atoms. The summed E-state index contributed by atoms with van der Waals surface area (Å²) in [6, 6.07) is 67.2. The van der Waals surface area contributed by atoms with Crippen LogP contribution >= 0.6 is 0 Å². The van der Waals surface area contributed by atoms with E-state index in [0.717, 1.165) is 61.0 Å². The molecule has 0 aliphatic rings. The summed E-state index contributed by atoms with van der Waals surface area (Å²) in [4.78, 5) is 0. The zero-order valence-corrected chi connectivity index (χ0v) is 28.6. The van der Waals surface area contributed by atoms with E-state index < -0.39 is 0 Å². The van der Waals surface area contributed by atoms with Crippen molar-refractivity contribution in [2.75, 3.05) is 0 Å². The molecular formula is C49H30N4. The maximum Gasteiger partial charge on any atom is 0.0991 e. The molecule has 4 nitrogen and oxygen atoms in total. The van der Waals surface area contributed by atoms with Crippen LogP contribution in [-0.4, -0.2) is 13.7 Å². The molecule has 0 amide bonds. The van der Waals surface area contributed by atoms with Crippen molar-refractivity contribution in [2.45, 2.75) is 0 Å². The van der Waals surface area contributed by atoms with Crippen LogP contribution in [0.15, 0.2) is 182 Å². The topological polar surface area (TPSA) is 38.6 Å². The molecule has 0 aliphatic carbocycles. The van der Waals surface area contributed by atoms with E-state index in [1.807, 2.05) is 12.1 Å². The summed E-state index contributed by atoms with van der Waals surface area (Å²) in [7, 11) is 0. The fraction of sp³-hybridized carbons (Fsp3) is 0. The number of hydrogen-bond donors (Lipinski definition) is 0. The first-order valence-corrected chi connectivity index (χ1v) is 17.9. The van der Waals surface area contributed by atoms with Gasteiger partial charge in [-0.15, -0.1) is 0 Å². The largest absolute Gasteiger partial charge is 0.309 e. The van der Waals surface area contributed by atoms with Crippen molar-refractivity contribution in [3.8, 4) is 34.3 Å². The summed E-state index contributed by atoms with van der Waals surface area (Å²) in [5, 5.41) is 17.0. The first-order valence-electron chi connectivity index (χ1n) is 17.9. The van der Waals surface area contributed by atoms with Crippen LogP contribution in [0.5, 0.6) is 0 Å². The van der Waals surface area contributed by atoms with Crippen molar-refractivity contribution >= 4 is 65.4 Å². The summed E-state index contributed by atoms with van der Waals surface area (Å²) < 4.78 is 7.17. The second kappa shape index (κ2) is 11.3. The molecule has 53 heavy (non-hydrogen) atoms. The smallest absolute Gasteiger partial charge is 0.0991 e. The highest BCUT2D eigenvalue weighted by atomic mass is 15.0. The molecule has 11 aromatic rings. The summed E-state index contributed by atoms with van der Waals surface area (Å²) in [6.45, 7) is 0. The quantitative estimate of drug-likeness (QED) is 0.183. The Kier molecular flexibility index (Phi) is 6.28. The molecule has 11 rings (SSSR count). The van der Waals surface area contributed by atoms with Crippen LogP contribution in [0.2, 0.25) is 0 Å². The lowest BCUT2D eigenvalue weighted by molar-refractivity contribution is 1.15. The molecule has 3 aromatic heterocycles. The third-order valence-electron chi connectivity index (χ3n) is 10.8. The molecule has 0 aliphatic heterocycles. The van der Waals surface area contributed by atoms with Crippen LogP contribution in [0.4, 0.5) is 0 Å². The van der Waals surface area contributed by atoms with Crippen molar-refractivity contribution in [1.29, 1.82) is 5.26 Å². The molecular weight excluding hydrogens is 645 g/mol. The minimum Gasteiger partial charge on any atom is -0.309 e. The number of nitriles is 1. The number of rotatable bonds is 4. The Morgan fingerprint density at radius 2 is 0.774 bits per heavy atom. The number of aromatic nitrogens is 3. The van der Waals surface area contributed by atoms with Gasteiger partial charge in [-0.25, -0.2) is 0 Å².